The highest BCUT2D eigenvalue weighted by atomic mass is 15.0. The van der Waals surface area contributed by atoms with E-state index >= 15 is 0 Å². The first-order valence-electron chi connectivity index (χ1n) is 16.0. The van der Waals surface area contributed by atoms with Crippen molar-refractivity contribution < 1.29 is 0 Å². The second-order valence-electron chi connectivity index (χ2n) is 12.2. The van der Waals surface area contributed by atoms with Gasteiger partial charge in [-0.1, -0.05) is 121 Å². The first-order valence-corrected chi connectivity index (χ1v) is 16.0. The van der Waals surface area contributed by atoms with Crippen LogP contribution in [0.5, 0.6) is 0 Å². The lowest BCUT2D eigenvalue weighted by Gasteiger charge is -2.18. The van der Waals surface area contributed by atoms with Gasteiger partial charge >= 0.3 is 0 Å². The van der Waals surface area contributed by atoms with E-state index in [1.54, 1.807) is 0 Å². The normalized spacial score (nSPS) is 11.8. The van der Waals surface area contributed by atoms with Crippen molar-refractivity contribution in [2.45, 2.75) is 0 Å². The van der Waals surface area contributed by atoms with Gasteiger partial charge in [0, 0.05) is 39.0 Å². The second kappa shape index (κ2) is 10.1. The quantitative estimate of drug-likeness (QED) is 0.150. The summed E-state index contributed by atoms with van der Waals surface area (Å²) in [4.78, 5) is 10.0. The van der Waals surface area contributed by atoms with Gasteiger partial charge in [0.2, 0.25) is 0 Å². The van der Waals surface area contributed by atoms with Gasteiger partial charge in [0.05, 0.1) is 27.8 Å². The Labute approximate surface area is 271 Å². The number of para-hydroxylation sites is 2. The van der Waals surface area contributed by atoms with Crippen molar-refractivity contribution in [1.29, 1.82) is 0 Å². The number of benzene rings is 7. The monoisotopic (exact) mass is 597 g/mol. The van der Waals surface area contributed by atoms with E-state index in [0.29, 0.717) is 0 Å². The molecular weight excluding hydrogens is 571 g/mol. The number of hydrogen-bond donors (Lipinski definition) is 0. The average molecular weight is 598 g/mol. The molecule has 0 atom stereocenters. The van der Waals surface area contributed by atoms with Crippen molar-refractivity contribution >= 4 is 65.2 Å². The standard InChI is InChI=1S/C44H27N3/c1-3-15-36-34(13-1)41(28-21-24-31(25-22-28)47-39-17-7-5-11-32(39)33-12-6-8-18-40(33)47)35-14-2-4-16-37(35)42(36)38-26-23-30-20-19-29-10-9-27-45-43(29)44(30)46-38/h1-27H. The van der Waals surface area contributed by atoms with Crippen molar-refractivity contribution in [1.82, 2.24) is 14.5 Å². The minimum Gasteiger partial charge on any atom is -0.309 e. The number of aromatic nitrogens is 3. The van der Waals surface area contributed by atoms with Gasteiger partial charge in [-0.3, -0.25) is 4.98 Å². The van der Waals surface area contributed by atoms with Crippen LogP contribution in [0.3, 0.4) is 0 Å². The first kappa shape index (κ1) is 26.0. The van der Waals surface area contributed by atoms with Crippen LogP contribution in [0.4, 0.5) is 0 Å². The van der Waals surface area contributed by atoms with Gasteiger partial charge in [0.25, 0.3) is 0 Å². The lowest BCUT2D eigenvalue weighted by Crippen LogP contribution is -1.95. The summed E-state index contributed by atoms with van der Waals surface area (Å²) in [5.74, 6) is 0. The first-order chi connectivity index (χ1) is 23.3. The predicted molar refractivity (Wildman–Crippen MR) is 197 cm³/mol. The van der Waals surface area contributed by atoms with E-state index < -0.39 is 0 Å². The Balaban J connectivity index is 1.20. The minimum atomic E-state index is 0.929. The molecule has 10 rings (SSSR count). The summed E-state index contributed by atoms with van der Waals surface area (Å²) in [6.45, 7) is 0. The van der Waals surface area contributed by atoms with Crippen LogP contribution >= 0.6 is 0 Å². The molecule has 0 amide bonds. The average Bonchev–Trinajstić information content (AvgIpc) is 3.48. The summed E-state index contributed by atoms with van der Waals surface area (Å²) in [5.41, 5.74) is 9.97. The molecule has 3 aromatic heterocycles. The Morgan fingerprint density at radius 1 is 0.383 bits per heavy atom. The lowest BCUT2D eigenvalue weighted by atomic mass is 9.87. The molecule has 0 fully saturated rings. The fraction of sp³-hybridized carbons (Fsp3) is 0. The third-order valence-corrected chi connectivity index (χ3v) is 9.61. The molecule has 0 aliphatic rings. The summed E-state index contributed by atoms with van der Waals surface area (Å²) in [5, 5.41) is 9.53. The van der Waals surface area contributed by atoms with Crippen molar-refractivity contribution in [2.75, 3.05) is 0 Å². The van der Waals surface area contributed by atoms with Crippen LogP contribution in [-0.2, 0) is 0 Å². The highest BCUT2D eigenvalue weighted by molar-refractivity contribution is 6.21. The fourth-order valence-corrected chi connectivity index (χ4v) is 7.56. The van der Waals surface area contributed by atoms with Gasteiger partial charge in [-0.05, 0) is 69.1 Å². The van der Waals surface area contributed by atoms with Crippen LogP contribution in [0.15, 0.2) is 164 Å². The third kappa shape index (κ3) is 3.87. The van der Waals surface area contributed by atoms with Gasteiger partial charge in [-0.15, -0.1) is 0 Å². The number of pyridine rings is 2. The third-order valence-electron chi connectivity index (χ3n) is 9.61. The fourth-order valence-electron chi connectivity index (χ4n) is 7.56. The molecule has 10 aromatic rings. The van der Waals surface area contributed by atoms with E-state index in [1.165, 1.54) is 54.5 Å². The zero-order valence-corrected chi connectivity index (χ0v) is 25.4. The summed E-state index contributed by atoms with van der Waals surface area (Å²) in [6, 6.07) is 56.6. The Morgan fingerprint density at radius 3 is 1.51 bits per heavy atom. The molecule has 0 N–H and O–H groups in total. The zero-order valence-electron chi connectivity index (χ0n) is 25.4. The molecule has 3 nitrogen and oxygen atoms in total. The maximum atomic E-state index is 5.30. The Hall–Kier alpha value is -6.32. The van der Waals surface area contributed by atoms with E-state index in [1.807, 2.05) is 12.3 Å². The molecule has 7 aromatic carbocycles. The molecule has 0 radical (unpaired) electrons. The Kier molecular flexibility index (Phi) is 5.57. The van der Waals surface area contributed by atoms with E-state index in [-0.39, 0.29) is 0 Å². The largest absolute Gasteiger partial charge is 0.309 e. The molecule has 47 heavy (non-hydrogen) atoms. The molecular formula is C44H27N3. The minimum absolute atomic E-state index is 0.929. The van der Waals surface area contributed by atoms with Crippen LogP contribution in [-0.4, -0.2) is 14.5 Å². The predicted octanol–water partition coefficient (Wildman–Crippen LogP) is 11.5. The van der Waals surface area contributed by atoms with E-state index in [4.69, 9.17) is 9.97 Å². The Morgan fingerprint density at radius 2 is 0.894 bits per heavy atom. The van der Waals surface area contributed by atoms with Crippen LogP contribution in [0.25, 0.3) is 93.2 Å². The topological polar surface area (TPSA) is 30.7 Å². The van der Waals surface area contributed by atoms with Gasteiger partial charge in [0.1, 0.15) is 0 Å². The highest BCUT2D eigenvalue weighted by Gasteiger charge is 2.18. The molecule has 218 valence electrons. The number of hydrogen-bond acceptors (Lipinski definition) is 2. The molecule has 0 aliphatic heterocycles. The van der Waals surface area contributed by atoms with Gasteiger partial charge in [-0.25, -0.2) is 4.98 Å². The highest BCUT2D eigenvalue weighted by Crippen LogP contribution is 2.44. The lowest BCUT2D eigenvalue weighted by molar-refractivity contribution is 1.18. The van der Waals surface area contributed by atoms with Crippen molar-refractivity contribution in [3.63, 3.8) is 0 Å². The van der Waals surface area contributed by atoms with Crippen molar-refractivity contribution in [2.24, 2.45) is 0 Å². The molecule has 0 spiro atoms. The van der Waals surface area contributed by atoms with Crippen molar-refractivity contribution in [3.05, 3.63) is 164 Å². The summed E-state index contributed by atoms with van der Waals surface area (Å²) in [6.07, 6.45) is 1.85. The van der Waals surface area contributed by atoms with Crippen LogP contribution in [0.1, 0.15) is 0 Å². The van der Waals surface area contributed by atoms with E-state index in [0.717, 1.165) is 38.8 Å². The second-order valence-corrected chi connectivity index (χ2v) is 12.2. The van der Waals surface area contributed by atoms with Crippen molar-refractivity contribution in [3.8, 4) is 28.1 Å². The summed E-state index contributed by atoms with van der Waals surface area (Å²) < 4.78 is 2.37. The maximum Gasteiger partial charge on any atom is 0.0972 e. The summed E-state index contributed by atoms with van der Waals surface area (Å²) >= 11 is 0. The molecule has 0 saturated heterocycles. The van der Waals surface area contributed by atoms with Gasteiger partial charge in [-0.2, -0.15) is 0 Å². The van der Waals surface area contributed by atoms with E-state index in [2.05, 4.69) is 156 Å². The van der Waals surface area contributed by atoms with Crippen LogP contribution in [0.2, 0.25) is 0 Å². The van der Waals surface area contributed by atoms with Crippen LogP contribution < -0.4 is 0 Å². The number of rotatable bonds is 3. The molecule has 0 bridgehead atoms. The molecule has 0 saturated carbocycles. The number of fused-ring (bicyclic) bond motifs is 8. The number of nitrogens with zero attached hydrogens (tertiary/aromatic N) is 3. The zero-order chi connectivity index (χ0) is 30.9. The van der Waals surface area contributed by atoms with Gasteiger partial charge in [0.15, 0.2) is 0 Å². The smallest absolute Gasteiger partial charge is 0.0972 e. The summed E-state index contributed by atoms with van der Waals surface area (Å²) in [7, 11) is 0. The van der Waals surface area contributed by atoms with Crippen LogP contribution in [0, 0.1) is 0 Å². The Bertz CT molecular complexity index is 2730. The molecule has 3 heteroatoms. The molecule has 0 aliphatic carbocycles. The van der Waals surface area contributed by atoms with E-state index in [9.17, 15) is 0 Å². The molecule has 0 unspecified atom stereocenters. The molecule has 3 heterocycles. The van der Waals surface area contributed by atoms with Gasteiger partial charge < -0.3 is 4.57 Å². The maximum absolute atomic E-state index is 5.30. The SMILES string of the molecule is c1cnc2c(c1)ccc1ccc(-c3c4ccccc4c(-c4ccc(-n5c6ccccc6c6ccccc65)cc4)c4ccccc34)nc12.